The number of hydrogen-bond acceptors (Lipinski definition) is 7. The van der Waals surface area contributed by atoms with E-state index in [1.165, 1.54) is 12.5 Å². The molecule has 0 aliphatic heterocycles. The minimum atomic E-state index is -1.31. The molecule has 3 amide bonds. The predicted octanol–water partition coefficient (Wildman–Crippen LogP) is -0.0279. The molecule has 0 saturated heterocycles. The molecule has 0 spiro atoms. The smallest absolute Gasteiger partial charge is 0.326 e. The first-order valence-corrected chi connectivity index (χ1v) is 12.6. The molecule has 39 heavy (non-hydrogen) atoms. The molecule has 13 nitrogen and oxygen atoms in total. The highest BCUT2D eigenvalue weighted by atomic mass is 16.4. The van der Waals surface area contributed by atoms with E-state index in [4.69, 9.17) is 10.8 Å². The van der Waals surface area contributed by atoms with Gasteiger partial charge in [0.15, 0.2) is 0 Å². The summed E-state index contributed by atoms with van der Waals surface area (Å²) >= 11 is 0. The van der Waals surface area contributed by atoms with Crippen molar-refractivity contribution in [2.75, 3.05) is 0 Å². The lowest BCUT2D eigenvalue weighted by molar-refractivity contribution is -0.143. The molecule has 0 radical (unpaired) electrons. The first kappa shape index (κ1) is 31.0. The Bertz CT molecular complexity index is 1110. The van der Waals surface area contributed by atoms with Crippen LogP contribution in [0.15, 0.2) is 42.9 Å². The molecule has 0 saturated carbocycles. The van der Waals surface area contributed by atoms with Gasteiger partial charge in [-0.3, -0.25) is 19.2 Å². The van der Waals surface area contributed by atoms with Crippen molar-refractivity contribution in [3.8, 4) is 0 Å². The third kappa shape index (κ3) is 10.2. The standard InChI is InChI=1S/C26H36N6O7/c1-3-15(2)22(26(38)39)32-25(37)20(12-17-13-28-14-29-17)31-24(36)19(9-10-21(33)34)30-23(35)18(27)11-16-7-5-4-6-8-16/h4-8,13-15,18-20,22H,3,9-12,27H2,1-2H3,(H,28,29)(H,30,35)(H,31,36)(H,32,37)(H,33,34)(H,38,39). The van der Waals surface area contributed by atoms with Gasteiger partial charge in [0.1, 0.15) is 18.1 Å². The fraction of sp³-hybridized carbons (Fsp3) is 0.462. The lowest BCUT2D eigenvalue weighted by Crippen LogP contribution is -2.58. The van der Waals surface area contributed by atoms with E-state index in [9.17, 15) is 29.1 Å². The maximum absolute atomic E-state index is 13.2. The zero-order valence-electron chi connectivity index (χ0n) is 21.9. The highest BCUT2D eigenvalue weighted by Crippen LogP contribution is 2.10. The molecule has 212 valence electrons. The SMILES string of the molecule is CCC(C)C(NC(=O)C(Cc1cnc[nH]1)NC(=O)C(CCC(=O)O)NC(=O)C(N)Cc1ccccc1)C(=O)O. The topological polar surface area (TPSA) is 217 Å². The van der Waals surface area contributed by atoms with E-state index in [1.54, 1.807) is 38.1 Å². The number of H-pyrrole nitrogens is 1. The summed E-state index contributed by atoms with van der Waals surface area (Å²) in [5, 5.41) is 26.2. The van der Waals surface area contributed by atoms with Crippen molar-refractivity contribution in [3.63, 3.8) is 0 Å². The Kier molecular flexibility index (Phi) is 12.1. The normalized spacial score (nSPS) is 14.7. The van der Waals surface area contributed by atoms with Crippen LogP contribution in [0.25, 0.3) is 0 Å². The van der Waals surface area contributed by atoms with Crippen LogP contribution >= 0.6 is 0 Å². The van der Waals surface area contributed by atoms with Crippen molar-refractivity contribution in [3.05, 3.63) is 54.1 Å². The summed E-state index contributed by atoms with van der Waals surface area (Å²) in [5.41, 5.74) is 7.32. The van der Waals surface area contributed by atoms with Gasteiger partial charge in [-0.1, -0.05) is 50.6 Å². The number of carbonyl (C=O) groups excluding carboxylic acids is 3. The predicted molar refractivity (Wildman–Crippen MR) is 140 cm³/mol. The third-order valence-electron chi connectivity index (χ3n) is 6.30. The minimum Gasteiger partial charge on any atom is -0.481 e. The molecule has 2 aromatic rings. The molecule has 0 aliphatic carbocycles. The number of aliphatic carboxylic acids is 2. The molecule has 2 rings (SSSR count). The first-order valence-electron chi connectivity index (χ1n) is 12.6. The van der Waals surface area contributed by atoms with Crippen LogP contribution in [-0.2, 0) is 36.8 Å². The van der Waals surface area contributed by atoms with Crippen molar-refractivity contribution >= 4 is 29.7 Å². The minimum absolute atomic E-state index is 0.0580. The number of aromatic nitrogens is 2. The van der Waals surface area contributed by atoms with E-state index >= 15 is 0 Å². The Morgan fingerprint density at radius 3 is 2.15 bits per heavy atom. The highest BCUT2D eigenvalue weighted by Gasteiger charge is 2.32. The Hall–Kier alpha value is -4.26. The number of carboxylic acids is 2. The number of aromatic amines is 1. The van der Waals surface area contributed by atoms with E-state index in [0.29, 0.717) is 12.1 Å². The Balaban J connectivity index is 2.20. The van der Waals surface area contributed by atoms with Crippen molar-refractivity contribution in [1.29, 1.82) is 0 Å². The summed E-state index contributed by atoms with van der Waals surface area (Å²) in [7, 11) is 0. The summed E-state index contributed by atoms with van der Waals surface area (Å²) in [5.74, 6) is -5.02. The van der Waals surface area contributed by atoms with Crippen LogP contribution < -0.4 is 21.7 Å². The average Bonchev–Trinajstić information content (AvgIpc) is 3.41. The van der Waals surface area contributed by atoms with E-state index in [-0.39, 0.29) is 25.2 Å². The molecule has 5 atom stereocenters. The van der Waals surface area contributed by atoms with Crippen molar-refractivity contribution in [1.82, 2.24) is 25.9 Å². The lowest BCUT2D eigenvalue weighted by Gasteiger charge is -2.26. The molecule has 13 heteroatoms. The number of hydrogen-bond donors (Lipinski definition) is 7. The molecule has 1 aromatic heterocycles. The van der Waals surface area contributed by atoms with Gasteiger partial charge in [-0.15, -0.1) is 0 Å². The summed E-state index contributed by atoms with van der Waals surface area (Å²) in [6, 6.07) is 4.25. The van der Waals surface area contributed by atoms with Crippen LogP contribution in [0, 0.1) is 5.92 Å². The first-order chi connectivity index (χ1) is 18.5. The number of nitrogens with zero attached hydrogens (tertiary/aromatic N) is 1. The number of rotatable bonds is 16. The number of amides is 3. The summed E-state index contributed by atoms with van der Waals surface area (Å²) in [6.45, 7) is 3.46. The van der Waals surface area contributed by atoms with Crippen molar-refractivity contribution in [2.45, 2.75) is 70.1 Å². The molecule has 0 bridgehead atoms. The Morgan fingerprint density at radius 2 is 1.59 bits per heavy atom. The van der Waals surface area contributed by atoms with Gasteiger partial charge in [-0.2, -0.15) is 0 Å². The van der Waals surface area contributed by atoms with Gasteiger partial charge < -0.3 is 36.9 Å². The fourth-order valence-electron chi connectivity index (χ4n) is 3.81. The van der Waals surface area contributed by atoms with Crippen LogP contribution in [0.1, 0.15) is 44.4 Å². The number of imidazole rings is 1. The number of benzene rings is 1. The summed E-state index contributed by atoms with van der Waals surface area (Å²) < 4.78 is 0. The second-order valence-electron chi connectivity index (χ2n) is 9.34. The van der Waals surface area contributed by atoms with E-state index in [1.807, 2.05) is 6.07 Å². The second-order valence-corrected chi connectivity index (χ2v) is 9.34. The van der Waals surface area contributed by atoms with Crippen LogP contribution in [0.4, 0.5) is 0 Å². The largest absolute Gasteiger partial charge is 0.481 e. The van der Waals surface area contributed by atoms with E-state index in [2.05, 4.69) is 25.9 Å². The summed E-state index contributed by atoms with van der Waals surface area (Å²) in [4.78, 5) is 68.8. The van der Waals surface area contributed by atoms with Crippen LogP contribution in [0.3, 0.4) is 0 Å². The number of carboxylic acid groups (broad SMARTS) is 2. The van der Waals surface area contributed by atoms with Gasteiger partial charge in [0.2, 0.25) is 17.7 Å². The molecule has 1 heterocycles. The fourth-order valence-corrected chi connectivity index (χ4v) is 3.81. The van der Waals surface area contributed by atoms with Gasteiger partial charge in [-0.25, -0.2) is 9.78 Å². The molecule has 0 aliphatic rings. The van der Waals surface area contributed by atoms with Gasteiger partial charge in [0, 0.05) is 24.7 Å². The Labute approximate surface area is 226 Å². The lowest BCUT2D eigenvalue weighted by atomic mass is 9.98. The van der Waals surface area contributed by atoms with Gasteiger partial charge in [0.05, 0.1) is 12.4 Å². The molecule has 5 unspecified atom stereocenters. The molecule has 8 N–H and O–H groups in total. The molecular formula is C26H36N6O7. The Morgan fingerprint density at radius 1 is 0.949 bits per heavy atom. The summed E-state index contributed by atoms with van der Waals surface area (Å²) in [6.07, 6.45) is 2.76. The van der Waals surface area contributed by atoms with Crippen molar-refractivity contribution in [2.24, 2.45) is 11.7 Å². The third-order valence-corrected chi connectivity index (χ3v) is 6.30. The average molecular weight is 545 g/mol. The molecular weight excluding hydrogens is 508 g/mol. The molecule has 1 aromatic carbocycles. The van der Waals surface area contributed by atoms with Crippen LogP contribution in [0.5, 0.6) is 0 Å². The zero-order valence-corrected chi connectivity index (χ0v) is 21.9. The zero-order chi connectivity index (χ0) is 28.9. The number of nitrogens with two attached hydrogens (primary N) is 1. The van der Waals surface area contributed by atoms with Gasteiger partial charge in [0.25, 0.3) is 0 Å². The molecule has 0 fully saturated rings. The van der Waals surface area contributed by atoms with Crippen molar-refractivity contribution < 1.29 is 34.2 Å². The van der Waals surface area contributed by atoms with Crippen LogP contribution in [-0.4, -0.2) is 74.0 Å². The van der Waals surface area contributed by atoms with Gasteiger partial charge in [-0.05, 0) is 24.3 Å². The van der Waals surface area contributed by atoms with Gasteiger partial charge >= 0.3 is 11.9 Å². The second kappa shape index (κ2) is 15.2. The van der Waals surface area contributed by atoms with E-state index in [0.717, 1.165) is 5.56 Å². The van der Waals surface area contributed by atoms with Crippen LogP contribution in [0.2, 0.25) is 0 Å². The number of carbonyl (C=O) groups is 5. The maximum Gasteiger partial charge on any atom is 0.326 e. The quantitative estimate of drug-likeness (QED) is 0.151. The van der Waals surface area contributed by atoms with E-state index < -0.39 is 60.2 Å². The maximum atomic E-state index is 13.2. The monoisotopic (exact) mass is 544 g/mol. The highest BCUT2D eigenvalue weighted by molar-refractivity contribution is 5.94. The number of nitrogens with one attached hydrogen (secondary N) is 4.